The van der Waals surface area contributed by atoms with Crippen LogP contribution in [0.15, 0.2) is 103 Å². The van der Waals surface area contributed by atoms with Gasteiger partial charge in [0.25, 0.3) is 0 Å². The Balaban J connectivity index is 1.52. The van der Waals surface area contributed by atoms with E-state index in [4.69, 9.17) is 21.1 Å². The van der Waals surface area contributed by atoms with Gasteiger partial charge < -0.3 is 19.4 Å². The number of fused-ring (bicyclic) bond motifs is 1. The molecule has 1 atom stereocenters. The number of hydrogen-bond acceptors (Lipinski definition) is 3. The number of ether oxygens (including phenoxy) is 2. The number of halogens is 2. The average molecular weight is 557 g/mol. The van der Waals surface area contributed by atoms with Crippen molar-refractivity contribution in [2.75, 3.05) is 20.3 Å². The van der Waals surface area contributed by atoms with Crippen LogP contribution in [0.4, 0.5) is 4.39 Å². The van der Waals surface area contributed by atoms with Gasteiger partial charge >= 0.3 is 0 Å². The number of rotatable bonds is 11. The minimum Gasteiger partial charge on any atom is -0.457 e. The highest BCUT2D eigenvalue weighted by Gasteiger charge is 2.23. The molecule has 0 aliphatic carbocycles. The van der Waals surface area contributed by atoms with E-state index in [2.05, 4.69) is 28.2 Å². The molecule has 7 heteroatoms. The lowest BCUT2D eigenvalue weighted by atomic mass is 9.88. The fourth-order valence-electron chi connectivity index (χ4n) is 4.86. The maximum atomic E-state index is 13.5. The Morgan fingerprint density at radius 1 is 0.950 bits per heavy atom. The van der Waals surface area contributed by atoms with Gasteiger partial charge in [-0.05, 0) is 71.3 Å². The summed E-state index contributed by atoms with van der Waals surface area (Å²) in [7, 11) is 1.61. The highest BCUT2D eigenvalue weighted by atomic mass is 35.5. The van der Waals surface area contributed by atoms with Crippen molar-refractivity contribution in [1.82, 2.24) is 9.88 Å². The molecule has 5 aromatic rings. The number of para-hydroxylation sites is 1. The summed E-state index contributed by atoms with van der Waals surface area (Å²) in [5, 5.41) is 4.66. The Morgan fingerprint density at radius 3 is 2.50 bits per heavy atom. The molecule has 204 valence electrons. The van der Waals surface area contributed by atoms with Crippen molar-refractivity contribution in [2.24, 2.45) is 0 Å². The molecule has 0 saturated carbocycles. The summed E-state index contributed by atoms with van der Waals surface area (Å²) >= 11 is 6.03. The lowest BCUT2D eigenvalue weighted by molar-refractivity contribution is -0.121. The lowest BCUT2D eigenvalue weighted by Crippen LogP contribution is -2.28. The Morgan fingerprint density at radius 2 is 1.73 bits per heavy atom. The molecule has 0 saturated heterocycles. The number of aromatic nitrogens is 1. The van der Waals surface area contributed by atoms with E-state index < -0.39 is 0 Å². The molecular weight excluding hydrogens is 527 g/mol. The summed E-state index contributed by atoms with van der Waals surface area (Å²) < 4.78 is 26.9. The third-order valence-corrected chi connectivity index (χ3v) is 7.04. The topological polar surface area (TPSA) is 52.5 Å². The number of benzene rings is 4. The zero-order chi connectivity index (χ0) is 27.9. The van der Waals surface area contributed by atoms with E-state index >= 15 is 0 Å². The van der Waals surface area contributed by atoms with Crippen LogP contribution in [-0.4, -0.2) is 30.7 Å². The molecule has 0 fully saturated rings. The maximum absolute atomic E-state index is 13.5. The van der Waals surface area contributed by atoms with Crippen LogP contribution in [0.3, 0.4) is 0 Å². The summed E-state index contributed by atoms with van der Waals surface area (Å²) in [6.07, 6.45) is 2.35. The first-order valence-corrected chi connectivity index (χ1v) is 13.5. The van der Waals surface area contributed by atoms with Crippen LogP contribution in [0.5, 0.6) is 11.5 Å². The van der Waals surface area contributed by atoms with E-state index in [1.54, 1.807) is 31.4 Å². The molecule has 1 N–H and O–H groups in total. The SMILES string of the molecule is COCCNC(=O)C[C@@H](c1cccc(Oc2ccc(Cl)cc2)c1)c1cn(Cc2ccc(F)cc2)c2ccccc12. The van der Waals surface area contributed by atoms with Crippen LogP contribution < -0.4 is 10.1 Å². The molecule has 1 amide bonds. The number of hydrogen-bond donors (Lipinski definition) is 1. The zero-order valence-electron chi connectivity index (χ0n) is 22.1. The van der Waals surface area contributed by atoms with Crippen LogP contribution >= 0.6 is 11.6 Å². The van der Waals surface area contributed by atoms with Crippen LogP contribution in [-0.2, 0) is 16.1 Å². The molecule has 0 aliphatic rings. The van der Waals surface area contributed by atoms with Crippen molar-refractivity contribution in [1.29, 1.82) is 0 Å². The first kappa shape index (κ1) is 27.4. The predicted molar refractivity (Wildman–Crippen MR) is 157 cm³/mol. The number of carbonyl (C=O) groups excluding carboxylic acids is 1. The normalized spacial score (nSPS) is 11.9. The van der Waals surface area contributed by atoms with Crippen LogP contribution in [0.1, 0.15) is 29.0 Å². The highest BCUT2D eigenvalue weighted by Crippen LogP contribution is 2.37. The van der Waals surface area contributed by atoms with Gasteiger partial charge in [-0.1, -0.05) is 54.1 Å². The summed E-state index contributed by atoms with van der Waals surface area (Å²) in [6.45, 7) is 1.46. The van der Waals surface area contributed by atoms with Gasteiger partial charge in [0, 0.05) is 54.7 Å². The summed E-state index contributed by atoms with van der Waals surface area (Å²) in [5.41, 5.74) is 4.02. The van der Waals surface area contributed by atoms with Crippen molar-refractivity contribution in [3.8, 4) is 11.5 Å². The monoisotopic (exact) mass is 556 g/mol. The van der Waals surface area contributed by atoms with Crippen molar-refractivity contribution in [2.45, 2.75) is 18.9 Å². The van der Waals surface area contributed by atoms with E-state index in [-0.39, 0.29) is 24.1 Å². The van der Waals surface area contributed by atoms with E-state index in [0.29, 0.717) is 36.2 Å². The number of amides is 1. The Kier molecular flexibility index (Phi) is 8.79. The van der Waals surface area contributed by atoms with E-state index in [1.807, 2.05) is 48.5 Å². The van der Waals surface area contributed by atoms with Gasteiger partial charge in [0.15, 0.2) is 0 Å². The fraction of sp³-hybridized carbons (Fsp3) is 0.182. The summed E-state index contributed by atoms with van der Waals surface area (Å²) in [5.74, 6) is 0.769. The standard InChI is InChI=1S/C33H30ClFN2O3/c1-39-18-17-36-33(38)20-30(24-5-4-6-28(19-24)40-27-15-11-25(34)12-16-27)31-22-37(32-8-3-2-7-29(31)32)21-23-9-13-26(35)14-10-23/h2-16,19,22,30H,17-18,20-21H2,1H3,(H,36,38)/t30-/m0/s1. The molecule has 40 heavy (non-hydrogen) atoms. The van der Waals surface area contributed by atoms with Crippen LogP contribution in [0, 0.1) is 5.82 Å². The highest BCUT2D eigenvalue weighted by molar-refractivity contribution is 6.30. The summed E-state index contributed by atoms with van der Waals surface area (Å²) in [4.78, 5) is 13.1. The molecule has 5 nitrogen and oxygen atoms in total. The molecule has 0 radical (unpaired) electrons. The Bertz CT molecular complexity index is 1580. The van der Waals surface area contributed by atoms with Gasteiger partial charge in [0.05, 0.1) is 6.61 Å². The number of methoxy groups -OCH3 is 1. The first-order valence-electron chi connectivity index (χ1n) is 13.1. The molecule has 0 bridgehead atoms. The number of carbonyl (C=O) groups is 1. The minimum atomic E-state index is -0.262. The van der Waals surface area contributed by atoms with Gasteiger partial charge in [-0.25, -0.2) is 4.39 Å². The third kappa shape index (κ3) is 6.71. The number of nitrogens with zero attached hydrogens (tertiary/aromatic N) is 1. The molecule has 1 heterocycles. The summed E-state index contributed by atoms with van der Waals surface area (Å²) in [6, 6.07) is 29.7. The number of nitrogens with one attached hydrogen (secondary N) is 1. The Hall–Kier alpha value is -4.13. The quantitative estimate of drug-likeness (QED) is 0.171. The molecule has 5 rings (SSSR count). The van der Waals surface area contributed by atoms with E-state index in [1.165, 1.54) is 12.1 Å². The average Bonchev–Trinajstić information content (AvgIpc) is 3.32. The second kappa shape index (κ2) is 12.8. The molecule has 0 spiro atoms. The van der Waals surface area contributed by atoms with Crippen molar-refractivity contribution < 1.29 is 18.7 Å². The molecular formula is C33H30ClFN2O3. The Labute approximate surface area is 238 Å². The molecule has 0 aliphatic heterocycles. The minimum absolute atomic E-state index is 0.0681. The van der Waals surface area contributed by atoms with Crippen molar-refractivity contribution >= 4 is 28.4 Å². The van der Waals surface area contributed by atoms with E-state index in [0.717, 1.165) is 27.6 Å². The van der Waals surface area contributed by atoms with Crippen LogP contribution in [0.2, 0.25) is 5.02 Å². The first-order chi connectivity index (χ1) is 19.5. The second-order valence-electron chi connectivity index (χ2n) is 9.58. The van der Waals surface area contributed by atoms with E-state index in [9.17, 15) is 9.18 Å². The largest absolute Gasteiger partial charge is 0.457 e. The predicted octanol–water partition coefficient (Wildman–Crippen LogP) is 7.56. The fourth-order valence-corrected chi connectivity index (χ4v) is 4.99. The van der Waals surface area contributed by atoms with Gasteiger partial charge in [-0.3, -0.25) is 4.79 Å². The second-order valence-corrected chi connectivity index (χ2v) is 10.0. The third-order valence-electron chi connectivity index (χ3n) is 6.79. The van der Waals surface area contributed by atoms with Crippen molar-refractivity contribution in [3.63, 3.8) is 0 Å². The molecule has 0 unspecified atom stereocenters. The maximum Gasteiger partial charge on any atom is 0.221 e. The molecule has 1 aromatic heterocycles. The van der Waals surface area contributed by atoms with Gasteiger partial charge in [0.1, 0.15) is 17.3 Å². The van der Waals surface area contributed by atoms with Gasteiger partial charge in [-0.2, -0.15) is 0 Å². The zero-order valence-corrected chi connectivity index (χ0v) is 22.9. The molecule has 4 aromatic carbocycles. The van der Waals surface area contributed by atoms with Gasteiger partial charge in [0.2, 0.25) is 5.91 Å². The smallest absolute Gasteiger partial charge is 0.221 e. The van der Waals surface area contributed by atoms with Gasteiger partial charge in [-0.15, -0.1) is 0 Å². The van der Waals surface area contributed by atoms with Crippen LogP contribution in [0.25, 0.3) is 10.9 Å². The lowest BCUT2D eigenvalue weighted by Gasteiger charge is -2.18. The van der Waals surface area contributed by atoms with Crippen molar-refractivity contribution in [3.05, 3.63) is 131 Å².